The molecule has 0 radical (unpaired) electrons. The Morgan fingerprint density at radius 1 is 0.806 bits per heavy atom. The van der Waals surface area contributed by atoms with Crippen molar-refractivity contribution in [2.75, 3.05) is 6.61 Å². The number of carbonyl (C=O) groups excluding carboxylic acids is 2. The fourth-order valence-corrected chi connectivity index (χ4v) is 5.28. The van der Waals surface area contributed by atoms with Gasteiger partial charge in [0.15, 0.2) is 0 Å². The number of carbonyl (C=O) groups is 2. The zero-order valence-corrected chi connectivity index (χ0v) is 19.4. The number of esters is 1. The Morgan fingerprint density at radius 3 is 1.94 bits per heavy atom. The van der Waals surface area contributed by atoms with Crippen LogP contribution in [0.5, 0.6) is 0 Å². The zero-order chi connectivity index (χ0) is 21.9. The second kappa shape index (κ2) is 12.9. The van der Waals surface area contributed by atoms with Crippen molar-refractivity contribution in [3.63, 3.8) is 0 Å². The average Bonchev–Trinajstić information content (AvgIpc) is 2.82. The first-order valence-corrected chi connectivity index (χ1v) is 12.8. The number of hydrogen-bond acceptors (Lipinski definition) is 3. The summed E-state index contributed by atoms with van der Waals surface area (Å²) in [5.41, 5.74) is 0.951. The lowest BCUT2D eigenvalue weighted by Gasteiger charge is -2.42. The van der Waals surface area contributed by atoms with Crippen molar-refractivity contribution in [2.24, 2.45) is 0 Å². The molecular weight excluding hydrogens is 386 g/mol. The molecule has 0 aliphatic heterocycles. The maximum absolute atomic E-state index is 13.8. The van der Waals surface area contributed by atoms with Crippen molar-refractivity contribution >= 4 is 11.9 Å². The van der Waals surface area contributed by atoms with E-state index in [0.717, 1.165) is 38.5 Å². The van der Waals surface area contributed by atoms with E-state index >= 15 is 0 Å². The number of nitrogens with zero attached hydrogens (tertiary/aromatic N) is 1. The SMILES string of the molecule is CCCCCCCOC(=O)c1ccccc1C(=O)N(C1CCCCC1)C1CCCCC1. The Labute approximate surface area is 188 Å². The van der Waals surface area contributed by atoms with Crippen molar-refractivity contribution in [3.8, 4) is 0 Å². The summed E-state index contributed by atoms with van der Waals surface area (Å²) < 4.78 is 5.56. The largest absolute Gasteiger partial charge is 0.462 e. The van der Waals surface area contributed by atoms with Gasteiger partial charge < -0.3 is 9.64 Å². The number of hydrogen-bond donors (Lipinski definition) is 0. The minimum Gasteiger partial charge on any atom is -0.462 e. The first-order valence-electron chi connectivity index (χ1n) is 12.8. The van der Waals surface area contributed by atoms with Crippen LogP contribution in [-0.4, -0.2) is 35.5 Å². The van der Waals surface area contributed by atoms with Gasteiger partial charge in [0.1, 0.15) is 0 Å². The molecule has 4 nitrogen and oxygen atoms in total. The van der Waals surface area contributed by atoms with Crippen LogP contribution in [0.3, 0.4) is 0 Å². The summed E-state index contributed by atoms with van der Waals surface area (Å²) in [7, 11) is 0. The van der Waals surface area contributed by atoms with Gasteiger partial charge in [-0.3, -0.25) is 4.79 Å². The van der Waals surface area contributed by atoms with Crippen LogP contribution in [-0.2, 0) is 4.74 Å². The van der Waals surface area contributed by atoms with Crippen LogP contribution in [0.4, 0.5) is 0 Å². The highest BCUT2D eigenvalue weighted by Gasteiger charge is 2.34. The molecule has 0 heterocycles. The summed E-state index contributed by atoms with van der Waals surface area (Å²) in [6, 6.07) is 7.90. The summed E-state index contributed by atoms with van der Waals surface area (Å²) in [4.78, 5) is 28.9. The number of amides is 1. The lowest BCUT2D eigenvalue weighted by Crippen LogP contribution is -2.49. The highest BCUT2D eigenvalue weighted by atomic mass is 16.5. The molecule has 0 bridgehead atoms. The molecule has 2 aliphatic carbocycles. The normalized spacial score (nSPS) is 18.0. The van der Waals surface area contributed by atoms with E-state index < -0.39 is 0 Å². The summed E-state index contributed by atoms with van der Waals surface area (Å²) in [5.74, 6) is -0.319. The van der Waals surface area contributed by atoms with Crippen LogP contribution in [0.1, 0.15) is 124 Å². The van der Waals surface area contributed by atoms with Crippen molar-refractivity contribution in [1.29, 1.82) is 0 Å². The molecule has 0 atom stereocenters. The lowest BCUT2D eigenvalue weighted by molar-refractivity contribution is 0.0423. The molecule has 3 rings (SSSR count). The number of unbranched alkanes of at least 4 members (excludes halogenated alkanes) is 4. The molecule has 31 heavy (non-hydrogen) atoms. The van der Waals surface area contributed by atoms with Gasteiger partial charge in [0.2, 0.25) is 0 Å². The number of benzene rings is 1. The third-order valence-electron chi connectivity index (χ3n) is 7.03. The van der Waals surface area contributed by atoms with Crippen molar-refractivity contribution in [2.45, 2.75) is 115 Å². The van der Waals surface area contributed by atoms with E-state index in [4.69, 9.17) is 4.74 Å². The summed E-state index contributed by atoms with van der Waals surface area (Å²) in [5, 5.41) is 0. The molecule has 2 saturated carbocycles. The Bertz CT molecular complexity index is 671. The molecule has 0 unspecified atom stereocenters. The second-order valence-electron chi connectivity index (χ2n) is 9.39. The van der Waals surface area contributed by atoms with E-state index in [-0.39, 0.29) is 11.9 Å². The van der Waals surface area contributed by atoms with Gasteiger partial charge in [-0.25, -0.2) is 4.79 Å². The van der Waals surface area contributed by atoms with Gasteiger partial charge in [0.25, 0.3) is 5.91 Å². The third kappa shape index (κ3) is 6.82. The predicted octanol–water partition coefficient (Wildman–Crippen LogP) is 6.92. The first-order chi connectivity index (χ1) is 15.2. The van der Waals surface area contributed by atoms with Crippen molar-refractivity contribution in [3.05, 3.63) is 35.4 Å². The highest BCUT2D eigenvalue weighted by molar-refractivity contribution is 6.05. The van der Waals surface area contributed by atoms with Crippen molar-refractivity contribution in [1.82, 2.24) is 4.90 Å². The maximum Gasteiger partial charge on any atom is 0.338 e. The monoisotopic (exact) mass is 427 g/mol. The third-order valence-corrected chi connectivity index (χ3v) is 7.03. The lowest BCUT2D eigenvalue weighted by atomic mass is 9.87. The van der Waals surface area contributed by atoms with Gasteiger partial charge in [-0.1, -0.05) is 83.3 Å². The smallest absolute Gasteiger partial charge is 0.338 e. The van der Waals surface area contributed by atoms with Crippen molar-refractivity contribution < 1.29 is 14.3 Å². The standard InChI is InChI=1S/C27H41NO3/c1-2-3-4-5-14-21-31-27(30)25-20-13-12-19-24(25)26(29)28(22-15-8-6-9-16-22)23-17-10-7-11-18-23/h12-13,19-20,22-23H,2-11,14-18,21H2,1H3. The molecule has 0 spiro atoms. The van der Waals surface area contributed by atoms with Crippen LogP contribution in [0.2, 0.25) is 0 Å². The molecule has 2 aliphatic rings. The fourth-order valence-electron chi connectivity index (χ4n) is 5.28. The maximum atomic E-state index is 13.8. The molecule has 1 aromatic carbocycles. The molecule has 1 amide bonds. The van der Waals surface area contributed by atoms with Gasteiger partial charge in [-0.2, -0.15) is 0 Å². The Hall–Kier alpha value is -1.84. The molecule has 0 saturated heterocycles. The van der Waals surface area contributed by atoms with Crippen LogP contribution in [0, 0.1) is 0 Å². The second-order valence-corrected chi connectivity index (χ2v) is 9.39. The Morgan fingerprint density at radius 2 is 1.35 bits per heavy atom. The van der Waals surface area contributed by atoms with Gasteiger partial charge in [0.05, 0.1) is 17.7 Å². The molecule has 172 valence electrons. The van der Waals surface area contributed by atoms with E-state index in [1.54, 1.807) is 6.07 Å². The van der Waals surface area contributed by atoms with Crippen LogP contribution in [0.15, 0.2) is 24.3 Å². The molecule has 2 fully saturated rings. The van der Waals surface area contributed by atoms with Gasteiger partial charge in [-0.05, 0) is 44.2 Å². The minimum atomic E-state index is -0.355. The van der Waals surface area contributed by atoms with E-state index in [2.05, 4.69) is 11.8 Å². The molecule has 0 N–H and O–H groups in total. The van der Waals surface area contributed by atoms with Crippen LogP contribution in [0.25, 0.3) is 0 Å². The summed E-state index contributed by atoms with van der Waals surface area (Å²) >= 11 is 0. The molecular formula is C27H41NO3. The van der Waals surface area contributed by atoms with Gasteiger partial charge in [-0.15, -0.1) is 0 Å². The first kappa shape index (κ1) is 23.8. The number of ether oxygens (including phenoxy) is 1. The molecule has 0 aromatic heterocycles. The molecule has 4 heteroatoms. The zero-order valence-electron chi connectivity index (χ0n) is 19.4. The fraction of sp³-hybridized carbons (Fsp3) is 0.704. The van der Waals surface area contributed by atoms with E-state index in [0.29, 0.717) is 29.8 Å². The van der Waals surface area contributed by atoms with Gasteiger partial charge in [0, 0.05) is 12.1 Å². The number of rotatable bonds is 10. The highest BCUT2D eigenvalue weighted by Crippen LogP contribution is 2.32. The summed E-state index contributed by atoms with van der Waals surface area (Å²) in [6.07, 6.45) is 17.3. The topological polar surface area (TPSA) is 46.6 Å². The van der Waals surface area contributed by atoms with Crippen LogP contribution < -0.4 is 0 Å². The minimum absolute atomic E-state index is 0.0364. The Balaban J connectivity index is 1.71. The predicted molar refractivity (Wildman–Crippen MR) is 125 cm³/mol. The quantitative estimate of drug-likeness (QED) is 0.301. The average molecular weight is 428 g/mol. The van der Waals surface area contributed by atoms with E-state index in [9.17, 15) is 9.59 Å². The van der Waals surface area contributed by atoms with E-state index in [1.807, 2.05) is 18.2 Å². The molecule has 1 aromatic rings. The van der Waals surface area contributed by atoms with Gasteiger partial charge >= 0.3 is 5.97 Å². The summed E-state index contributed by atoms with van der Waals surface area (Å²) in [6.45, 7) is 2.62. The van der Waals surface area contributed by atoms with E-state index in [1.165, 1.54) is 57.8 Å². The Kier molecular flexibility index (Phi) is 9.89. The van der Waals surface area contributed by atoms with Crippen LogP contribution >= 0.6 is 0 Å².